The van der Waals surface area contributed by atoms with Gasteiger partial charge in [-0.15, -0.1) is 0 Å². The van der Waals surface area contributed by atoms with E-state index in [0.717, 1.165) is 6.61 Å². The highest BCUT2D eigenvalue weighted by Gasteiger charge is 2.22. The zero-order valence-electron chi connectivity index (χ0n) is 7.99. The van der Waals surface area contributed by atoms with Crippen molar-refractivity contribution >= 4 is 17.1 Å². The number of hydrogen-bond donors (Lipinski definition) is 3. The Bertz CT molecular complexity index is 347. The maximum absolute atomic E-state index is 5.74. The molecule has 0 atom stereocenters. The van der Waals surface area contributed by atoms with Gasteiger partial charge in [0.2, 0.25) is 0 Å². The van der Waals surface area contributed by atoms with Crippen LogP contribution < -0.4 is 21.9 Å². The van der Waals surface area contributed by atoms with Crippen LogP contribution in [0.2, 0.25) is 0 Å². The summed E-state index contributed by atoms with van der Waals surface area (Å²) in [6, 6.07) is 3.32. The Hall–Kier alpha value is -1.58. The number of ether oxygens (including phenoxy) is 1. The predicted octanol–water partition coefficient (Wildman–Crippen LogP) is 1.22. The molecule has 1 saturated carbocycles. The highest BCUT2D eigenvalue weighted by molar-refractivity contribution is 5.73. The molecule has 0 aliphatic heterocycles. The second-order valence-corrected chi connectivity index (χ2v) is 3.77. The van der Waals surface area contributed by atoms with Gasteiger partial charge in [-0.25, -0.2) is 0 Å². The summed E-state index contributed by atoms with van der Waals surface area (Å²) in [5.74, 6) is 1.34. The van der Waals surface area contributed by atoms with Crippen LogP contribution in [0.1, 0.15) is 12.8 Å². The fourth-order valence-corrected chi connectivity index (χ4v) is 1.25. The number of nitrogen functional groups attached to an aromatic ring is 3. The standard InChI is InChI=1S/C10H15N3O/c11-7-3-9(13)10(4-8(7)12)14-5-6-1-2-6/h3-4,6H,1-2,5,11-13H2. The van der Waals surface area contributed by atoms with Crippen LogP contribution in [0.15, 0.2) is 12.1 Å². The van der Waals surface area contributed by atoms with Crippen molar-refractivity contribution in [3.05, 3.63) is 12.1 Å². The highest BCUT2D eigenvalue weighted by atomic mass is 16.5. The molecule has 14 heavy (non-hydrogen) atoms. The monoisotopic (exact) mass is 193 g/mol. The maximum Gasteiger partial charge on any atom is 0.144 e. The van der Waals surface area contributed by atoms with Crippen LogP contribution in [0, 0.1) is 5.92 Å². The number of nitrogens with two attached hydrogens (primary N) is 3. The zero-order chi connectivity index (χ0) is 10.1. The molecule has 1 aromatic rings. The van der Waals surface area contributed by atoms with Gasteiger partial charge in [0, 0.05) is 6.07 Å². The van der Waals surface area contributed by atoms with E-state index in [1.54, 1.807) is 12.1 Å². The molecule has 0 radical (unpaired) electrons. The lowest BCUT2D eigenvalue weighted by Crippen LogP contribution is -2.04. The van der Waals surface area contributed by atoms with Gasteiger partial charge in [0.15, 0.2) is 0 Å². The third-order valence-electron chi connectivity index (χ3n) is 2.39. The van der Waals surface area contributed by atoms with E-state index in [-0.39, 0.29) is 0 Å². The van der Waals surface area contributed by atoms with Crippen molar-refractivity contribution in [2.75, 3.05) is 23.8 Å². The molecule has 0 amide bonds. The number of benzene rings is 1. The van der Waals surface area contributed by atoms with Gasteiger partial charge in [-0.1, -0.05) is 0 Å². The SMILES string of the molecule is Nc1cc(N)c(OCC2CC2)cc1N. The molecule has 4 nitrogen and oxygen atoms in total. The first-order chi connectivity index (χ1) is 6.66. The first kappa shape index (κ1) is 8.99. The molecule has 0 saturated heterocycles. The number of rotatable bonds is 3. The molecule has 0 bridgehead atoms. The molecule has 1 aromatic carbocycles. The molecule has 0 spiro atoms. The molecule has 6 N–H and O–H groups in total. The predicted molar refractivity (Wildman–Crippen MR) is 57.9 cm³/mol. The average Bonchev–Trinajstić information content (AvgIpc) is 2.92. The Kier molecular flexibility index (Phi) is 2.11. The average molecular weight is 193 g/mol. The highest BCUT2D eigenvalue weighted by Crippen LogP contribution is 2.33. The van der Waals surface area contributed by atoms with E-state index in [1.807, 2.05) is 0 Å². The van der Waals surface area contributed by atoms with Crippen molar-refractivity contribution in [2.45, 2.75) is 12.8 Å². The molecule has 0 aromatic heterocycles. The second-order valence-electron chi connectivity index (χ2n) is 3.77. The summed E-state index contributed by atoms with van der Waals surface area (Å²) in [6.07, 6.45) is 2.51. The molecule has 0 unspecified atom stereocenters. The lowest BCUT2D eigenvalue weighted by molar-refractivity contribution is 0.301. The van der Waals surface area contributed by atoms with Crippen LogP contribution in [-0.4, -0.2) is 6.61 Å². The van der Waals surface area contributed by atoms with Crippen LogP contribution in [0.25, 0.3) is 0 Å². The van der Waals surface area contributed by atoms with Crippen molar-refractivity contribution in [1.29, 1.82) is 0 Å². The van der Waals surface area contributed by atoms with E-state index in [2.05, 4.69) is 0 Å². The first-order valence-corrected chi connectivity index (χ1v) is 4.74. The largest absolute Gasteiger partial charge is 0.491 e. The molecule has 76 valence electrons. The molecule has 1 aliphatic rings. The minimum Gasteiger partial charge on any atom is -0.491 e. The smallest absolute Gasteiger partial charge is 0.144 e. The Morgan fingerprint density at radius 3 is 2.36 bits per heavy atom. The summed E-state index contributed by atoms with van der Waals surface area (Å²) in [4.78, 5) is 0. The van der Waals surface area contributed by atoms with Crippen molar-refractivity contribution in [2.24, 2.45) is 5.92 Å². The normalized spacial score (nSPS) is 15.4. The Labute approximate surface area is 83.0 Å². The van der Waals surface area contributed by atoms with Gasteiger partial charge in [0.05, 0.1) is 23.7 Å². The van der Waals surface area contributed by atoms with Crippen molar-refractivity contribution in [1.82, 2.24) is 0 Å². The minimum atomic E-state index is 0.501. The Morgan fingerprint density at radius 1 is 1.07 bits per heavy atom. The Morgan fingerprint density at radius 2 is 1.71 bits per heavy atom. The molecular weight excluding hydrogens is 178 g/mol. The summed E-state index contributed by atoms with van der Waals surface area (Å²) in [6.45, 7) is 0.730. The molecule has 1 fully saturated rings. The summed E-state index contributed by atoms with van der Waals surface area (Å²) in [5, 5.41) is 0. The van der Waals surface area contributed by atoms with Crippen LogP contribution >= 0.6 is 0 Å². The fourth-order valence-electron chi connectivity index (χ4n) is 1.25. The molecule has 2 rings (SSSR count). The quantitative estimate of drug-likeness (QED) is 0.630. The molecule has 0 heterocycles. The first-order valence-electron chi connectivity index (χ1n) is 4.74. The van der Waals surface area contributed by atoms with Crippen LogP contribution in [-0.2, 0) is 0 Å². The van der Waals surface area contributed by atoms with Crippen molar-refractivity contribution in [3.8, 4) is 5.75 Å². The van der Waals surface area contributed by atoms with Crippen molar-refractivity contribution < 1.29 is 4.74 Å². The third kappa shape index (κ3) is 1.84. The number of hydrogen-bond acceptors (Lipinski definition) is 4. The maximum atomic E-state index is 5.74. The van der Waals surface area contributed by atoms with Crippen molar-refractivity contribution in [3.63, 3.8) is 0 Å². The zero-order valence-corrected chi connectivity index (χ0v) is 7.99. The van der Waals surface area contributed by atoms with E-state index in [4.69, 9.17) is 21.9 Å². The Balaban J connectivity index is 2.10. The summed E-state index contributed by atoms with van der Waals surface area (Å²) >= 11 is 0. The van der Waals surface area contributed by atoms with Gasteiger partial charge in [-0.05, 0) is 24.8 Å². The van der Waals surface area contributed by atoms with Crippen LogP contribution in [0.3, 0.4) is 0 Å². The van der Waals surface area contributed by atoms with Gasteiger partial charge in [0.1, 0.15) is 5.75 Å². The van der Waals surface area contributed by atoms with Gasteiger partial charge in [0.25, 0.3) is 0 Å². The van der Waals surface area contributed by atoms with Crippen LogP contribution in [0.5, 0.6) is 5.75 Å². The third-order valence-corrected chi connectivity index (χ3v) is 2.39. The lowest BCUT2D eigenvalue weighted by atomic mass is 10.2. The van der Waals surface area contributed by atoms with E-state index in [1.165, 1.54) is 12.8 Å². The van der Waals surface area contributed by atoms with E-state index in [9.17, 15) is 0 Å². The molecule has 1 aliphatic carbocycles. The summed E-state index contributed by atoms with van der Waals surface area (Å²) in [7, 11) is 0. The molecular formula is C10H15N3O. The fraction of sp³-hybridized carbons (Fsp3) is 0.400. The van der Waals surface area contributed by atoms with Crippen LogP contribution in [0.4, 0.5) is 17.1 Å². The lowest BCUT2D eigenvalue weighted by Gasteiger charge is -2.10. The van der Waals surface area contributed by atoms with Gasteiger partial charge in [-0.2, -0.15) is 0 Å². The van der Waals surface area contributed by atoms with E-state index >= 15 is 0 Å². The molecule has 4 heteroatoms. The van der Waals surface area contributed by atoms with Gasteiger partial charge in [-0.3, -0.25) is 0 Å². The second kappa shape index (κ2) is 3.29. The minimum absolute atomic E-state index is 0.501. The van der Waals surface area contributed by atoms with E-state index in [0.29, 0.717) is 28.7 Å². The number of anilines is 3. The van der Waals surface area contributed by atoms with Gasteiger partial charge < -0.3 is 21.9 Å². The van der Waals surface area contributed by atoms with Gasteiger partial charge >= 0.3 is 0 Å². The summed E-state index contributed by atoms with van der Waals surface area (Å²) < 4.78 is 5.54. The topological polar surface area (TPSA) is 87.3 Å². The summed E-state index contributed by atoms with van der Waals surface area (Å²) in [5.41, 5.74) is 18.6. The van der Waals surface area contributed by atoms with E-state index < -0.39 is 0 Å².